The molecule has 1 aromatic carbocycles. The molecule has 0 aliphatic carbocycles. The second-order valence-electron chi connectivity index (χ2n) is 9.30. The van der Waals surface area contributed by atoms with Gasteiger partial charge in [0.25, 0.3) is 5.56 Å². The molecular formula is C27H27ClFN7O2S. The average molecular weight is 568 g/mol. The van der Waals surface area contributed by atoms with Gasteiger partial charge in [-0.05, 0) is 35.4 Å². The maximum atomic E-state index is 13.4. The summed E-state index contributed by atoms with van der Waals surface area (Å²) in [7, 11) is 1.82. The molecule has 4 heterocycles. The smallest absolute Gasteiger partial charge is 0.277 e. The van der Waals surface area contributed by atoms with Crippen LogP contribution in [-0.2, 0) is 30.6 Å². The fourth-order valence-electron chi connectivity index (χ4n) is 4.37. The van der Waals surface area contributed by atoms with Crippen molar-refractivity contribution in [3.8, 4) is 0 Å². The summed E-state index contributed by atoms with van der Waals surface area (Å²) < 4.78 is 16.7. The quantitative estimate of drug-likeness (QED) is 0.238. The lowest BCUT2D eigenvalue weighted by Gasteiger charge is -2.35. The molecule has 0 N–H and O–H groups in total. The lowest BCUT2D eigenvalue weighted by atomic mass is 10.1. The van der Waals surface area contributed by atoms with E-state index in [1.54, 1.807) is 46.0 Å². The molecule has 5 rings (SSSR count). The number of hydrogen-bond donors (Lipinski definition) is 0. The predicted molar refractivity (Wildman–Crippen MR) is 149 cm³/mol. The van der Waals surface area contributed by atoms with Gasteiger partial charge in [0, 0.05) is 69.6 Å². The number of carbonyl (C=O) groups is 1. The summed E-state index contributed by atoms with van der Waals surface area (Å²) in [4.78, 5) is 38.9. The van der Waals surface area contributed by atoms with Crippen molar-refractivity contribution in [1.82, 2.24) is 29.2 Å². The first-order chi connectivity index (χ1) is 18.8. The molecular weight excluding hydrogens is 541 g/mol. The van der Waals surface area contributed by atoms with Crippen molar-refractivity contribution in [2.24, 2.45) is 7.05 Å². The molecule has 1 fully saturated rings. The molecule has 202 valence electrons. The van der Waals surface area contributed by atoms with E-state index in [9.17, 15) is 14.0 Å². The van der Waals surface area contributed by atoms with Crippen LogP contribution in [0.4, 0.5) is 10.2 Å². The molecule has 0 spiro atoms. The molecule has 0 radical (unpaired) electrons. The lowest BCUT2D eigenvalue weighted by molar-refractivity contribution is -0.132. The minimum Gasteiger partial charge on any atom is -0.353 e. The van der Waals surface area contributed by atoms with Crippen molar-refractivity contribution in [2.75, 3.05) is 31.1 Å². The van der Waals surface area contributed by atoms with Crippen LogP contribution in [-0.4, -0.2) is 61.3 Å². The Morgan fingerprint density at radius 2 is 1.79 bits per heavy atom. The molecule has 39 heavy (non-hydrogen) atoms. The minimum absolute atomic E-state index is 0.0538. The summed E-state index contributed by atoms with van der Waals surface area (Å²) in [6, 6.07) is 9.87. The molecule has 1 amide bonds. The topological polar surface area (TPSA) is 89.2 Å². The van der Waals surface area contributed by atoms with Gasteiger partial charge in [-0.2, -0.15) is 10.1 Å². The maximum Gasteiger partial charge on any atom is 0.277 e. The van der Waals surface area contributed by atoms with Crippen molar-refractivity contribution < 1.29 is 9.18 Å². The van der Waals surface area contributed by atoms with Crippen LogP contribution in [0.15, 0.2) is 71.1 Å². The molecule has 9 nitrogen and oxygen atoms in total. The Bertz CT molecular complexity index is 1500. The minimum atomic E-state index is -0.340. The SMILES string of the molecule is Cn1cc(Cc2cn(CC(=O)N3CCN(c4ccc(Cl)cn4)CC3)c(SCc3ccc(F)cc3)nc2=O)cn1. The normalized spacial score (nSPS) is 13.6. The first kappa shape index (κ1) is 26.9. The van der Waals surface area contributed by atoms with Crippen molar-refractivity contribution in [1.29, 1.82) is 0 Å². The Hall–Kier alpha value is -3.70. The Kier molecular flexibility index (Phi) is 8.27. The fourth-order valence-corrected chi connectivity index (χ4v) is 5.40. The number of hydrogen-bond acceptors (Lipinski definition) is 7. The number of thioether (sulfide) groups is 1. The van der Waals surface area contributed by atoms with E-state index in [-0.39, 0.29) is 23.8 Å². The van der Waals surface area contributed by atoms with E-state index in [1.807, 2.05) is 24.2 Å². The van der Waals surface area contributed by atoms with Gasteiger partial charge in [-0.15, -0.1) is 0 Å². The molecule has 1 saturated heterocycles. The van der Waals surface area contributed by atoms with Crippen LogP contribution in [0.2, 0.25) is 5.02 Å². The molecule has 4 aromatic rings. The summed E-state index contributed by atoms with van der Waals surface area (Å²) in [5.41, 5.74) is 1.92. The summed E-state index contributed by atoms with van der Waals surface area (Å²) >= 11 is 7.30. The van der Waals surface area contributed by atoms with Crippen LogP contribution in [0.5, 0.6) is 0 Å². The highest BCUT2D eigenvalue weighted by atomic mass is 35.5. The van der Waals surface area contributed by atoms with Crippen molar-refractivity contribution in [3.05, 3.63) is 99.1 Å². The van der Waals surface area contributed by atoms with Crippen molar-refractivity contribution in [2.45, 2.75) is 23.9 Å². The highest BCUT2D eigenvalue weighted by molar-refractivity contribution is 7.98. The number of aromatic nitrogens is 5. The standard InChI is InChI=1S/C27H27ClFN7O2S/c1-33-15-20(13-31-33)12-21-16-36(27(32-26(21)38)39-18-19-2-5-23(29)6-3-19)17-25(37)35-10-8-34(9-11-35)24-7-4-22(28)14-30-24/h2-7,13-16H,8-12,17-18H2,1H3. The van der Waals surface area contributed by atoms with Gasteiger partial charge >= 0.3 is 0 Å². The Morgan fingerprint density at radius 1 is 1.03 bits per heavy atom. The Labute approximate surface area is 234 Å². The third-order valence-corrected chi connectivity index (χ3v) is 7.72. The number of amides is 1. The van der Waals surface area contributed by atoms with Crippen molar-refractivity contribution >= 4 is 35.1 Å². The summed E-state index contributed by atoms with van der Waals surface area (Å²) in [5.74, 6) is 0.946. The van der Waals surface area contributed by atoms with Gasteiger partial charge in [-0.1, -0.05) is 35.5 Å². The van der Waals surface area contributed by atoms with Gasteiger partial charge in [0.15, 0.2) is 5.16 Å². The molecule has 12 heteroatoms. The van der Waals surface area contributed by atoms with Crippen LogP contribution in [0, 0.1) is 5.82 Å². The van der Waals surface area contributed by atoms with Crippen LogP contribution < -0.4 is 10.5 Å². The molecule has 0 atom stereocenters. The number of pyridine rings is 1. The van der Waals surface area contributed by atoms with Crippen LogP contribution in [0.1, 0.15) is 16.7 Å². The monoisotopic (exact) mass is 567 g/mol. The highest BCUT2D eigenvalue weighted by Gasteiger charge is 2.23. The van der Waals surface area contributed by atoms with Crippen molar-refractivity contribution in [3.63, 3.8) is 0 Å². The first-order valence-electron chi connectivity index (χ1n) is 12.4. The summed E-state index contributed by atoms with van der Waals surface area (Å²) in [5, 5.41) is 5.20. The number of benzene rings is 1. The van der Waals surface area contributed by atoms with Gasteiger partial charge < -0.3 is 14.4 Å². The van der Waals surface area contributed by atoms with Gasteiger partial charge in [-0.25, -0.2) is 9.37 Å². The Morgan fingerprint density at radius 3 is 2.46 bits per heavy atom. The van der Waals surface area contributed by atoms with Gasteiger partial charge in [0.1, 0.15) is 18.2 Å². The average Bonchev–Trinajstić information content (AvgIpc) is 3.35. The second-order valence-corrected chi connectivity index (χ2v) is 10.7. The van der Waals surface area contributed by atoms with E-state index in [2.05, 4.69) is 20.0 Å². The molecule has 1 aliphatic heterocycles. The van der Waals surface area contributed by atoms with Crippen LogP contribution >= 0.6 is 23.4 Å². The van der Waals surface area contributed by atoms with E-state index in [0.717, 1.165) is 16.9 Å². The number of aryl methyl sites for hydroxylation is 1. The third kappa shape index (κ3) is 6.85. The van der Waals surface area contributed by atoms with Gasteiger partial charge in [0.2, 0.25) is 5.91 Å². The zero-order chi connectivity index (χ0) is 27.4. The number of nitrogens with zero attached hydrogens (tertiary/aromatic N) is 7. The number of carbonyl (C=O) groups excluding carboxylic acids is 1. The van der Waals surface area contributed by atoms with Gasteiger partial charge in [0.05, 0.1) is 11.2 Å². The number of anilines is 1. The maximum absolute atomic E-state index is 13.4. The number of halogens is 2. The fraction of sp³-hybridized carbons (Fsp3) is 0.296. The summed E-state index contributed by atoms with van der Waals surface area (Å²) in [6.07, 6.45) is 7.26. The van der Waals surface area contributed by atoms with Gasteiger partial charge in [-0.3, -0.25) is 14.3 Å². The largest absolute Gasteiger partial charge is 0.353 e. The lowest BCUT2D eigenvalue weighted by Crippen LogP contribution is -2.50. The van der Waals surface area contributed by atoms with E-state index in [1.165, 1.54) is 23.9 Å². The number of rotatable bonds is 8. The zero-order valence-electron chi connectivity index (χ0n) is 21.3. The molecule has 1 aliphatic rings. The predicted octanol–water partition coefficient (Wildman–Crippen LogP) is 3.40. The highest BCUT2D eigenvalue weighted by Crippen LogP contribution is 2.22. The molecule has 0 saturated carbocycles. The van der Waals surface area contributed by atoms with E-state index in [0.29, 0.717) is 54.1 Å². The summed E-state index contributed by atoms with van der Waals surface area (Å²) in [6.45, 7) is 2.47. The Balaban J connectivity index is 1.32. The third-order valence-electron chi connectivity index (χ3n) is 6.44. The molecule has 0 unspecified atom stereocenters. The molecule has 3 aromatic heterocycles. The molecule has 0 bridgehead atoms. The second kappa shape index (κ2) is 12.0. The van der Waals surface area contributed by atoms with Crippen LogP contribution in [0.3, 0.4) is 0 Å². The van der Waals surface area contributed by atoms with Crippen LogP contribution in [0.25, 0.3) is 0 Å². The zero-order valence-corrected chi connectivity index (χ0v) is 22.9. The number of piperazine rings is 1. The first-order valence-corrected chi connectivity index (χ1v) is 13.8. The van der Waals surface area contributed by atoms with E-state index < -0.39 is 0 Å². The van der Waals surface area contributed by atoms with E-state index in [4.69, 9.17) is 11.6 Å². The van der Waals surface area contributed by atoms with E-state index >= 15 is 0 Å².